The molecule has 1 amide bonds. The van der Waals surface area contributed by atoms with Crippen molar-refractivity contribution in [1.82, 2.24) is 5.32 Å². The van der Waals surface area contributed by atoms with Gasteiger partial charge >= 0.3 is 12.1 Å². The summed E-state index contributed by atoms with van der Waals surface area (Å²) in [5.41, 5.74) is -0.489. The van der Waals surface area contributed by atoms with Gasteiger partial charge in [0.25, 0.3) is 5.91 Å². The van der Waals surface area contributed by atoms with Crippen molar-refractivity contribution in [1.29, 1.82) is 0 Å². The maximum absolute atomic E-state index is 14.9. The van der Waals surface area contributed by atoms with Gasteiger partial charge in [-0.05, 0) is 47.7 Å². The first-order chi connectivity index (χ1) is 17.8. The molecular weight excluding hydrogens is 509 g/mol. The van der Waals surface area contributed by atoms with Crippen molar-refractivity contribution >= 4 is 11.9 Å². The van der Waals surface area contributed by atoms with E-state index < -0.39 is 46.9 Å². The average Bonchev–Trinajstić information content (AvgIpc) is 2.82. The van der Waals surface area contributed by atoms with Crippen LogP contribution >= 0.6 is 0 Å². The number of halogens is 5. The lowest BCUT2D eigenvalue weighted by Crippen LogP contribution is -2.26. The van der Waals surface area contributed by atoms with Crippen LogP contribution in [0.15, 0.2) is 60.7 Å². The van der Waals surface area contributed by atoms with E-state index in [0.717, 1.165) is 36.4 Å². The molecular formula is C28H26F5NO4. The minimum atomic E-state index is -4.57. The number of aliphatic carboxylic acids is 1. The molecule has 0 aliphatic carbocycles. The number of hydrogen-bond acceptors (Lipinski definition) is 3. The van der Waals surface area contributed by atoms with Crippen molar-refractivity contribution in [2.75, 3.05) is 6.54 Å². The first-order valence-electron chi connectivity index (χ1n) is 11.8. The minimum absolute atomic E-state index is 0.0192. The quantitative estimate of drug-likeness (QED) is 0.274. The third-order valence-corrected chi connectivity index (χ3v) is 5.65. The summed E-state index contributed by atoms with van der Waals surface area (Å²) in [6.45, 7) is 3.86. The fraction of sp³-hybridized carbons (Fsp3) is 0.286. The van der Waals surface area contributed by atoms with Crippen LogP contribution in [0.4, 0.5) is 22.0 Å². The van der Waals surface area contributed by atoms with E-state index in [2.05, 4.69) is 5.32 Å². The van der Waals surface area contributed by atoms with Gasteiger partial charge in [0.15, 0.2) is 0 Å². The third-order valence-electron chi connectivity index (χ3n) is 5.65. The standard InChI is InChI=1S/C28H26F5NO4/c1-16(2)13-24(17-3-5-19(6-4-17)27(37)34-12-11-25(35)36)38-21-14-22(29)26(23(30)15-21)18-7-9-20(10-8-18)28(31,32)33/h3-10,14-16,24H,11-13H2,1-2H3,(H,34,37)(H,35,36). The van der Waals surface area contributed by atoms with Crippen molar-refractivity contribution in [3.8, 4) is 16.9 Å². The van der Waals surface area contributed by atoms with E-state index in [4.69, 9.17) is 9.84 Å². The van der Waals surface area contributed by atoms with Gasteiger partial charge in [0, 0.05) is 24.2 Å². The number of alkyl halides is 3. The van der Waals surface area contributed by atoms with Crippen molar-refractivity contribution in [3.05, 3.63) is 89.0 Å². The molecule has 0 spiro atoms. The second kappa shape index (κ2) is 12.1. The van der Waals surface area contributed by atoms with E-state index in [1.165, 1.54) is 12.1 Å². The number of nitrogens with one attached hydrogen (secondary N) is 1. The fourth-order valence-electron chi connectivity index (χ4n) is 3.80. The van der Waals surface area contributed by atoms with Crippen LogP contribution in [0, 0.1) is 17.6 Å². The Morgan fingerprint density at radius 2 is 1.53 bits per heavy atom. The van der Waals surface area contributed by atoms with Gasteiger partial charge in [0.1, 0.15) is 23.5 Å². The molecule has 3 aromatic carbocycles. The van der Waals surface area contributed by atoms with Crippen LogP contribution in [0.5, 0.6) is 5.75 Å². The number of carbonyl (C=O) groups is 2. The van der Waals surface area contributed by atoms with Crippen LogP contribution < -0.4 is 10.1 Å². The van der Waals surface area contributed by atoms with Crippen molar-refractivity contribution < 1.29 is 41.4 Å². The summed E-state index contributed by atoms with van der Waals surface area (Å²) in [5, 5.41) is 11.2. The number of ether oxygens (including phenoxy) is 1. The van der Waals surface area contributed by atoms with Gasteiger partial charge in [-0.25, -0.2) is 8.78 Å². The second-order valence-corrected chi connectivity index (χ2v) is 9.09. The largest absolute Gasteiger partial charge is 0.486 e. The molecule has 0 aliphatic rings. The molecule has 1 unspecified atom stereocenters. The van der Waals surface area contributed by atoms with Crippen LogP contribution in [0.25, 0.3) is 11.1 Å². The average molecular weight is 536 g/mol. The summed E-state index contributed by atoms with van der Waals surface area (Å²) in [6.07, 6.45) is -4.91. The highest BCUT2D eigenvalue weighted by Crippen LogP contribution is 2.35. The maximum atomic E-state index is 14.9. The van der Waals surface area contributed by atoms with Gasteiger partial charge in [-0.15, -0.1) is 0 Å². The summed E-state index contributed by atoms with van der Waals surface area (Å²) < 4.78 is 74.2. The molecule has 5 nitrogen and oxygen atoms in total. The Bertz CT molecular complexity index is 1250. The lowest BCUT2D eigenvalue weighted by Gasteiger charge is -2.22. The molecule has 0 saturated heterocycles. The van der Waals surface area contributed by atoms with E-state index in [1.54, 1.807) is 12.1 Å². The molecule has 0 aromatic heterocycles. The van der Waals surface area contributed by atoms with Crippen LogP contribution in [0.2, 0.25) is 0 Å². The number of hydrogen-bond donors (Lipinski definition) is 2. The Morgan fingerprint density at radius 1 is 0.947 bits per heavy atom. The van der Waals surface area contributed by atoms with Crippen LogP contribution in [-0.4, -0.2) is 23.5 Å². The SMILES string of the molecule is CC(C)CC(Oc1cc(F)c(-c2ccc(C(F)(F)F)cc2)c(F)c1)c1ccc(C(=O)NCCC(=O)O)cc1. The van der Waals surface area contributed by atoms with Gasteiger partial charge in [-0.3, -0.25) is 9.59 Å². The Morgan fingerprint density at radius 3 is 2.03 bits per heavy atom. The number of carboxylic acid groups (broad SMARTS) is 1. The molecule has 3 aromatic rings. The molecule has 10 heteroatoms. The van der Waals surface area contributed by atoms with Gasteiger partial charge in [-0.2, -0.15) is 13.2 Å². The Balaban J connectivity index is 1.80. The molecule has 0 heterocycles. The van der Waals surface area contributed by atoms with E-state index in [-0.39, 0.29) is 30.2 Å². The smallest absolute Gasteiger partial charge is 0.416 e. The van der Waals surface area contributed by atoms with E-state index in [9.17, 15) is 31.5 Å². The highest BCUT2D eigenvalue weighted by atomic mass is 19.4. The van der Waals surface area contributed by atoms with Crippen molar-refractivity contribution in [2.24, 2.45) is 5.92 Å². The zero-order valence-electron chi connectivity index (χ0n) is 20.6. The van der Waals surface area contributed by atoms with Crippen LogP contribution in [0.3, 0.4) is 0 Å². The molecule has 3 rings (SSSR count). The van der Waals surface area contributed by atoms with Crippen molar-refractivity contribution in [2.45, 2.75) is 39.0 Å². The highest BCUT2D eigenvalue weighted by molar-refractivity contribution is 5.94. The number of benzene rings is 3. The molecule has 1 atom stereocenters. The van der Waals surface area contributed by atoms with Gasteiger partial charge < -0.3 is 15.2 Å². The van der Waals surface area contributed by atoms with Gasteiger partial charge in [0.2, 0.25) is 0 Å². The highest BCUT2D eigenvalue weighted by Gasteiger charge is 2.30. The van der Waals surface area contributed by atoms with Crippen LogP contribution in [0.1, 0.15) is 54.3 Å². The van der Waals surface area contributed by atoms with Crippen molar-refractivity contribution in [3.63, 3.8) is 0 Å². The molecule has 0 fully saturated rings. The lowest BCUT2D eigenvalue weighted by atomic mass is 9.98. The first kappa shape index (κ1) is 28.6. The minimum Gasteiger partial charge on any atom is -0.486 e. The van der Waals surface area contributed by atoms with E-state index >= 15 is 0 Å². The fourth-order valence-corrected chi connectivity index (χ4v) is 3.80. The predicted octanol–water partition coefficient (Wildman–Crippen LogP) is 7.02. The summed E-state index contributed by atoms with van der Waals surface area (Å²) >= 11 is 0. The number of amides is 1. The zero-order valence-corrected chi connectivity index (χ0v) is 20.6. The summed E-state index contributed by atoms with van der Waals surface area (Å²) in [5.74, 6) is -3.42. The van der Waals surface area contributed by atoms with Crippen LogP contribution in [-0.2, 0) is 11.0 Å². The molecule has 2 N–H and O–H groups in total. The molecule has 38 heavy (non-hydrogen) atoms. The zero-order chi connectivity index (χ0) is 28.0. The van der Waals surface area contributed by atoms with E-state index in [1.807, 2.05) is 13.8 Å². The molecule has 202 valence electrons. The number of rotatable bonds is 10. The summed E-state index contributed by atoms with van der Waals surface area (Å²) in [7, 11) is 0. The Labute approximate surface area is 216 Å². The third kappa shape index (κ3) is 7.53. The predicted molar refractivity (Wildman–Crippen MR) is 131 cm³/mol. The molecule has 0 bridgehead atoms. The molecule has 0 aliphatic heterocycles. The van der Waals surface area contributed by atoms with E-state index in [0.29, 0.717) is 17.5 Å². The first-order valence-corrected chi connectivity index (χ1v) is 11.8. The topological polar surface area (TPSA) is 75.6 Å². The molecule has 0 radical (unpaired) electrons. The number of carboxylic acids is 1. The summed E-state index contributed by atoms with van der Waals surface area (Å²) in [6, 6.07) is 11.8. The lowest BCUT2D eigenvalue weighted by molar-refractivity contribution is -0.138. The maximum Gasteiger partial charge on any atom is 0.416 e. The normalized spacial score (nSPS) is 12.3. The Kier molecular flexibility index (Phi) is 9.08. The second-order valence-electron chi connectivity index (χ2n) is 9.09. The van der Waals surface area contributed by atoms with Gasteiger partial charge in [0.05, 0.1) is 17.5 Å². The number of carbonyl (C=O) groups excluding carboxylic acids is 1. The molecule has 0 saturated carbocycles. The summed E-state index contributed by atoms with van der Waals surface area (Å²) in [4.78, 5) is 22.8. The monoisotopic (exact) mass is 535 g/mol. The Hall–Kier alpha value is -3.95. The van der Waals surface area contributed by atoms with Gasteiger partial charge in [-0.1, -0.05) is 38.1 Å².